The maximum absolute atomic E-state index is 13.7. The Labute approximate surface area is 214 Å². The van der Waals surface area contributed by atoms with Crippen LogP contribution in [0.1, 0.15) is 34.5 Å². The lowest BCUT2D eigenvalue weighted by atomic mass is 9.83. The maximum Gasteiger partial charge on any atom is 0.344 e. The molecule has 0 saturated carbocycles. The molecule has 0 atom stereocenters. The number of aryl methyl sites for hydroxylation is 1. The summed E-state index contributed by atoms with van der Waals surface area (Å²) in [5, 5.41) is 8.24. The molecule has 4 amide bonds. The molecule has 1 aliphatic heterocycles. The first-order valence-electron chi connectivity index (χ1n) is 12.1. The highest BCUT2D eigenvalue weighted by molar-refractivity contribution is 6.10. The second-order valence-electron chi connectivity index (χ2n) is 8.98. The summed E-state index contributed by atoms with van der Waals surface area (Å²) in [6.07, 6.45) is 0.505. The van der Waals surface area contributed by atoms with E-state index in [1.54, 1.807) is 48.5 Å². The van der Waals surface area contributed by atoms with Crippen molar-refractivity contribution >= 4 is 17.8 Å². The molecule has 0 aliphatic carbocycles. The SMILES string of the molecule is Cc1nn(-c2ccccc2)c(C)c1CCC(=O)NN1C(=O)NC(c2ccccc2)(c2ccccc2)C1=O. The maximum atomic E-state index is 13.7. The number of para-hydroxylation sites is 1. The highest BCUT2D eigenvalue weighted by atomic mass is 16.2. The first-order valence-corrected chi connectivity index (χ1v) is 12.1. The Morgan fingerprint density at radius 2 is 1.41 bits per heavy atom. The highest BCUT2D eigenvalue weighted by Gasteiger charge is 2.54. The first kappa shape index (κ1) is 24.0. The number of hydrazine groups is 1. The Kier molecular flexibility index (Phi) is 6.31. The van der Waals surface area contributed by atoms with E-state index in [9.17, 15) is 14.4 Å². The van der Waals surface area contributed by atoms with Crippen LogP contribution in [0.4, 0.5) is 4.79 Å². The van der Waals surface area contributed by atoms with Gasteiger partial charge in [-0.05, 0) is 49.1 Å². The lowest BCUT2D eigenvalue weighted by Crippen LogP contribution is -2.49. The van der Waals surface area contributed by atoms with Gasteiger partial charge in [-0.3, -0.25) is 15.0 Å². The molecular formula is C29H27N5O3. The van der Waals surface area contributed by atoms with Crippen LogP contribution >= 0.6 is 0 Å². The van der Waals surface area contributed by atoms with Crippen molar-refractivity contribution in [3.8, 4) is 5.69 Å². The highest BCUT2D eigenvalue weighted by Crippen LogP contribution is 2.35. The van der Waals surface area contributed by atoms with E-state index in [0.29, 0.717) is 17.5 Å². The van der Waals surface area contributed by atoms with E-state index in [1.165, 1.54) is 0 Å². The number of hydrogen-bond acceptors (Lipinski definition) is 4. The molecule has 0 radical (unpaired) electrons. The van der Waals surface area contributed by atoms with Crippen LogP contribution in [0.25, 0.3) is 5.69 Å². The first-order chi connectivity index (χ1) is 17.9. The summed E-state index contributed by atoms with van der Waals surface area (Å²) in [5.41, 5.74) is 5.98. The number of imide groups is 1. The van der Waals surface area contributed by atoms with Crippen molar-refractivity contribution in [1.82, 2.24) is 25.5 Å². The standard InChI is InChI=1S/C29H27N5O3/c1-20-25(21(2)33(31-20)24-16-10-5-11-17-24)18-19-26(35)32-34-27(36)29(30-28(34)37,22-12-6-3-7-13-22)23-14-8-4-9-15-23/h3-17H,18-19H2,1-2H3,(H,30,37)(H,32,35). The molecule has 5 rings (SSSR count). The molecule has 1 saturated heterocycles. The zero-order valence-corrected chi connectivity index (χ0v) is 20.6. The zero-order valence-electron chi connectivity index (χ0n) is 20.6. The molecule has 4 aromatic rings. The Morgan fingerprint density at radius 3 is 1.97 bits per heavy atom. The topological polar surface area (TPSA) is 96.3 Å². The number of urea groups is 1. The van der Waals surface area contributed by atoms with Gasteiger partial charge in [0.05, 0.1) is 11.4 Å². The number of amides is 4. The van der Waals surface area contributed by atoms with Crippen molar-refractivity contribution in [1.29, 1.82) is 0 Å². The molecule has 0 spiro atoms. The smallest absolute Gasteiger partial charge is 0.314 e. The Morgan fingerprint density at radius 1 is 0.865 bits per heavy atom. The van der Waals surface area contributed by atoms with Crippen LogP contribution in [-0.4, -0.2) is 32.6 Å². The quantitative estimate of drug-likeness (QED) is 0.381. The zero-order chi connectivity index (χ0) is 26.0. The van der Waals surface area contributed by atoms with E-state index >= 15 is 0 Å². The van der Waals surface area contributed by atoms with Crippen molar-refractivity contribution in [3.63, 3.8) is 0 Å². The number of nitrogens with one attached hydrogen (secondary N) is 2. The third kappa shape index (κ3) is 4.27. The molecule has 3 aromatic carbocycles. The van der Waals surface area contributed by atoms with Crippen LogP contribution in [0.2, 0.25) is 0 Å². The van der Waals surface area contributed by atoms with Gasteiger partial charge in [0.25, 0.3) is 5.91 Å². The monoisotopic (exact) mass is 493 g/mol. The fraction of sp³-hybridized carbons (Fsp3) is 0.172. The number of hydrogen-bond donors (Lipinski definition) is 2. The van der Waals surface area contributed by atoms with E-state index in [0.717, 1.165) is 27.6 Å². The molecular weight excluding hydrogens is 466 g/mol. The summed E-state index contributed by atoms with van der Waals surface area (Å²) >= 11 is 0. The molecule has 0 bridgehead atoms. The van der Waals surface area contributed by atoms with Gasteiger partial charge >= 0.3 is 6.03 Å². The summed E-state index contributed by atoms with van der Waals surface area (Å²) in [7, 11) is 0. The average molecular weight is 494 g/mol. The predicted molar refractivity (Wildman–Crippen MR) is 139 cm³/mol. The van der Waals surface area contributed by atoms with Crippen LogP contribution in [0, 0.1) is 13.8 Å². The number of aromatic nitrogens is 2. The van der Waals surface area contributed by atoms with Crippen molar-refractivity contribution in [2.75, 3.05) is 0 Å². The fourth-order valence-electron chi connectivity index (χ4n) is 4.84. The molecule has 0 unspecified atom stereocenters. The van der Waals surface area contributed by atoms with E-state index in [1.807, 2.05) is 61.0 Å². The summed E-state index contributed by atoms with van der Waals surface area (Å²) in [6.45, 7) is 3.87. The number of benzene rings is 3. The molecule has 8 heteroatoms. The van der Waals surface area contributed by atoms with Gasteiger partial charge in [0, 0.05) is 12.1 Å². The summed E-state index contributed by atoms with van der Waals surface area (Å²) in [4.78, 5) is 39.7. The minimum atomic E-state index is -1.43. The lowest BCUT2D eigenvalue weighted by Gasteiger charge is -2.27. The van der Waals surface area contributed by atoms with Gasteiger partial charge in [-0.2, -0.15) is 10.1 Å². The van der Waals surface area contributed by atoms with E-state index in [2.05, 4.69) is 15.8 Å². The number of carbonyl (C=O) groups is 3. The Hall–Kier alpha value is -4.72. The summed E-state index contributed by atoms with van der Waals surface area (Å²) in [5.74, 6) is -1.00. The molecule has 2 N–H and O–H groups in total. The number of nitrogens with zero attached hydrogens (tertiary/aromatic N) is 3. The summed E-state index contributed by atoms with van der Waals surface area (Å²) in [6, 6.07) is 27.1. The minimum absolute atomic E-state index is 0.0862. The second kappa shape index (κ2) is 9.73. The van der Waals surface area contributed by atoms with Gasteiger partial charge in [-0.15, -0.1) is 0 Å². The molecule has 186 valence electrons. The van der Waals surface area contributed by atoms with Crippen LogP contribution < -0.4 is 10.7 Å². The summed E-state index contributed by atoms with van der Waals surface area (Å²) < 4.78 is 1.86. The average Bonchev–Trinajstić information content (AvgIpc) is 3.36. The number of carbonyl (C=O) groups excluding carboxylic acids is 3. The molecule has 1 aromatic heterocycles. The lowest BCUT2D eigenvalue weighted by molar-refractivity contribution is -0.138. The molecule has 37 heavy (non-hydrogen) atoms. The third-order valence-corrected chi connectivity index (χ3v) is 6.72. The normalized spacial score (nSPS) is 14.5. The van der Waals surface area contributed by atoms with Crippen molar-refractivity contribution in [2.45, 2.75) is 32.2 Å². The minimum Gasteiger partial charge on any atom is -0.314 e. The van der Waals surface area contributed by atoms with Crippen LogP contribution in [0.15, 0.2) is 91.0 Å². The van der Waals surface area contributed by atoms with E-state index in [-0.39, 0.29) is 6.42 Å². The van der Waals surface area contributed by atoms with Crippen LogP contribution in [0.5, 0.6) is 0 Å². The van der Waals surface area contributed by atoms with E-state index in [4.69, 9.17) is 0 Å². The Balaban J connectivity index is 1.35. The van der Waals surface area contributed by atoms with Gasteiger partial charge < -0.3 is 5.32 Å². The molecule has 1 aliphatic rings. The predicted octanol–water partition coefficient (Wildman–Crippen LogP) is 3.95. The van der Waals surface area contributed by atoms with Crippen LogP contribution in [-0.2, 0) is 21.5 Å². The fourth-order valence-corrected chi connectivity index (χ4v) is 4.84. The van der Waals surface area contributed by atoms with Crippen LogP contribution in [0.3, 0.4) is 0 Å². The van der Waals surface area contributed by atoms with Crippen molar-refractivity contribution in [3.05, 3.63) is 119 Å². The van der Waals surface area contributed by atoms with Crippen molar-refractivity contribution in [2.24, 2.45) is 0 Å². The third-order valence-electron chi connectivity index (χ3n) is 6.72. The van der Waals surface area contributed by atoms with Gasteiger partial charge in [0.1, 0.15) is 0 Å². The van der Waals surface area contributed by atoms with Gasteiger partial charge in [-0.1, -0.05) is 78.9 Å². The van der Waals surface area contributed by atoms with E-state index < -0.39 is 23.4 Å². The largest absolute Gasteiger partial charge is 0.344 e. The molecule has 8 nitrogen and oxygen atoms in total. The molecule has 1 fully saturated rings. The van der Waals surface area contributed by atoms with Crippen molar-refractivity contribution < 1.29 is 14.4 Å². The molecule has 2 heterocycles. The van der Waals surface area contributed by atoms with Gasteiger partial charge in [0.2, 0.25) is 5.91 Å². The van der Waals surface area contributed by atoms with Gasteiger partial charge in [-0.25, -0.2) is 9.48 Å². The Bertz CT molecular complexity index is 1410. The number of rotatable bonds is 7. The second-order valence-corrected chi connectivity index (χ2v) is 8.98. The van der Waals surface area contributed by atoms with Gasteiger partial charge in [0.15, 0.2) is 5.54 Å².